The zero-order valence-electron chi connectivity index (χ0n) is 10.2. The fourth-order valence-electron chi connectivity index (χ4n) is 1.19. The monoisotopic (exact) mass is 203 g/mol. The zero-order chi connectivity index (χ0) is 11.5. The lowest BCUT2D eigenvalue weighted by atomic mass is 10.1. The van der Waals surface area contributed by atoms with Crippen LogP contribution in [0.1, 0.15) is 39.8 Å². The van der Waals surface area contributed by atoms with Crippen LogP contribution >= 0.6 is 0 Å². The number of hydrogen-bond acceptors (Lipinski definition) is 1. The van der Waals surface area contributed by atoms with Gasteiger partial charge in [0.25, 0.3) is 0 Å². The third-order valence-electron chi connectivity index (χ3n) is 1.77. The van der Waals surface area contributed by atoms with Crippen molar-refractivity contribution in [1.29, 1.82) is 0 Å². The molecule has 0 bridgehead atoms. The predicted molar refractivity (Wildman–Crippen MR) is 68.7 cm³/mol. The molecule has 1 nitrogen and oxygen atoms in total. The van der Waals surface area contributed by atoms with Crippen LogP contribution in [-0.2, 0) is 0 Å². The van der Waals surface area contributed by atoms with E-state index in [1.807, 2.05) is 52.1 Å². The summed E-state index contributed by atoms with van der Waals surface area (Å²) in [7, 11) is 0. The Morgan fingerprint density at radius 2 is 1.80 bits per heavy atom. The zero-order valence-corrected chi connectivity index (χ0v) is 10.2. The Balaban J connectivity index is 0.000000442. The molecule has 0 aromatic carbocycles. The van der Waals surface area contributed by atoms with E-state index < -0.39 is 0 Å². The number of allylic oxidation sites excluding steroid dienone is 4. The van der Waals surface area contributed by atoms with E-state index in [0.29, 0.717) is 0 Å². The lowest BCUT2D eigenvalue weighted by molar-refractivity contribution is 1.24. The van der Waals surface area contributed by atoms with Crippen molar-refractivity contribution in [3.8, 4) is 0 Å². The van der Waals surface area contributed by atoms with Crippen LogP contribution in [0.2, 0.25) is 0 Å². The lowest BCUT2D eigenvalue weighted by Gasteiger charge is -1.97. The maximum absolute atomic E-state index is 4.25. The van der Waals surface area contributed by atoms with Crippen LogP contribution in [0.3, 0.4) is 0 Å². The molecule has 0 aliphatic heterocycles. The van der Waals surface area contributed by atoms with Gasteiger partial charge >= 0.3 is 0 Å². The van der Waals surface area contributed by atoms with E-state index in [1.165, 1.54) is 5.57 Å². The highest BCUT2D eigenvalue weighted by Gasteiger charge is 2.01. The highest BCUT2D eigenvalue weighted by molar-refractivity contribution is 5.68. The summed E-state index contributed by atoms with van der Waals surface area (Å²) in [4.78, 5) is 4.25. The number of nitrogens with zero attached hydrogens (tertiary/aromatic N) is 1. The molecule has 2 rings (SSSR count). The Morgan fingerprint density at radius 3 is 2.27 bits per heavy atom. The Bertz CT molecular complexity index is 296. The molecular weight excluding hydrogens is 182 g/mol. The molecule has 0 amide bonds. The molecule has 1 aromatic rings. The molecular formula is C14H21N. The summed E-state index contributed by atoms with van der Waals surface area (Å²) < 4.78 is 0. The molecule has 0 N–H and O–H groups in total. The van der Waals surface area contributed by atoms with Crippen LogP contribution in [0.15, 0.2) is 42.6 Å². The first kappa shape index (κ1) is 13.6. The Kier molecular flexibility index (Phi) is 8.36. The lowest BCUT2D eigenvalue weighted by Crippen LogP contribution is -1.83. The fourth-order valence-corrected chi connectivity index (χ4v) is 1.19. The average molecular weight is 203 g/mol. The number of pyridine rings is 1. The van der Waals surface area contributed by atoms with E-state index in [9.17, 15) is 0 Å². The third kappa shape index (κ3) is 4.59. The van der Waals surface area contributed by atoms with E-state index in [0.717, 1.165) is 12.1 Å². The first-order chi connectivity index (χ1) is 7.47. The van der Waals surface area contributed by atoms with Crippen molar-refractivity contribution in [3.63, 3.8) is 0 Å². The summed E-state index contributed by atoms with van der Waals surface area (Å²) in [6, 6.07) is 5.99. The minimum Gasteiger partial charge on any atom is -0.257 e. The van der Waals surface area contributed by atoms with Gasteiger partial charge in [0.05, 0.1) is 5.69 Å². The van der Waals surface area contributed by atoms with Gasteiger partial charge in [-0.05, 0) is 24.1 Å². The van der Waals surface area contributed by atoms with Gasteiger partial charge in [0, 0.05) is 6.20 Å². The summed E-state index contributed by atoms with van der Waals surface area (Å²) in [5, 5.41) is 0. The van der Waals surface area contributed by atoms with Crippen molar-refractivity contribution >= 4 is 5.57 Å². The van der Waals surface area contributed by atoms with E-state index >= 15 is 0 Å². The van der Waals surface area contributed by atoms with Crippen molar-refractivity contribution in [3.05, 3.63) is 48.3 Å². The van der Waals surface area contributed by atoms with E-state index in [2.05, 4.69) is 23.2 Å². The van der Waals surface area contributed by atoms with Crippen molar-refractivity contribution in [2.45, 2.75) is 34.1 Å². The summed E-state index contributed by atoms with van der Waals surface area (Å²) in [5.74, 6) is 0. The molecule has 0 saturated heterocycles. The largest absolute Gasteiger partial charge is 0.257 e. The third-order valence-corrected chi connectivity index (χ3v) is 1.77. The molecule has 15 heavy (non-hydrogen) atoms. The van der Waals surface area contributed by atoms with Gasteiger partial charge in [-0.2, -0.15) is 0 Å². The summed E-state index contributed by atoms with van der Waals surface area (Å²) in [5.41, 5.74) is 2.41. The molecule has 0 saturated carbocycles. The minimum absolute atomic E-state index is 1.02. The highest BCUT2D eigenvalue weighted by atomic mass is 14.7. The van der Waals surface area contributed by atoms with Gasteiger partial charge < -0.3 is 0 Å². The van der Waals surface area contributed by atoms with E-state index in [1.54, 1.807) is 0 Å². The Hall–Kier alpha value is -1.37. The summed E-state index contributed by atoms with van der Waals surface area (Å²) in [6.07, 6.45) is 9.18. The standard InChI is InChI=1S/C10H9N.2C2H6/c1-2-6-9(5-1)10-7-3-4-8-11-10;2*1-2/h1-5,7-8H,6H2;2*1-2H3. The molecule has 0 radical (unpaired) electrons. The maximum atomic E-state index is 4.25. The molecule has 0 fully saturated rings. The number of aromatic nitrogens is 1. The van der Waals surface area contributed by atoms with Crippen LogP contribution in [0.4, 0.5) is 0 Å². The van der Waals surface area contributed by atoms with Gasteiger partial charge in [-0.1, -0.05) is 52.0 Å². The van der Waals surface area contributed by atoms with Gasteiger partial charge in [0.2, 0.25) is 0 Å². The molecule has 0 atom stereocenters. The van der Waals surface area contributed by atoms with Gasteiger partial charge in [-0.3, -0.25) is 4.98 Å². The molecule has 0 spiro atoms. The molecule has 1 aliphatic rings. The molecule has 1 heteroatoms. The molecule has 82 valence electrons. The van der Waals surface area contributed by atoms with Gasteiger partial charge in [0.1, 0.15) is 0 Å². The fraction of sp³-hybridized carbons (Fsp3) is 0.357. The second-order valence-electron chi connectivity index (χ2n) is 2.54. The second-order valence-corrected chi connectivity index (χ2v) is 2.54. The minimum atomic E-state index is 1.02. The average Bonchev–Trinajstić information content (AvgIpc) is 2.89. The topological polar surface area (TPSA) is 12.9 Å². The first-order valence-corrected chi connectivity index (χ1v) is 5.74. The quantitative estimate of drug-likeness (QED) is 0.656. The molecule has 0 unspecified atom stereocenters. The normalized spacial score (nSPS) is 11.9. The van der Waals surface area contributed by atoms with Gasteiger partial charge in [-0.15, -0.1) is 0 Å². The van der Waals surface area contributed by atoms with Gasteiger partial charge in [0.15, 0.2) is 0 Å². The molecule has 1 aromatic heterocycles. The first-order valence-electron chi connectivity index (χ1n) is 5.74. The molecule has 1 heterocycles. The van der Waals surface area contributed by atoms with Crippen LogP contribution in [-0.4, -0.2) is 4.98 Å². The van der Waals surface area contributed by atoms with Crippen molar-refractivity contribution in [1.82, 2.24) is 4.98 Å². The number of hydrogen-bond donors (Lipinski definition) is 0. The van der Waals surface area contributed by atoms with E-state index in [-0.39, 0.29) is 0 Å². The van der Waals surface area contributed by atoms with Gasteiger partial charge in [-0.25, -0.2) is 0 Å². The van der Waals surface area contributed by atoms with Crippen molar-refractivity contribution in [2.24, 2.45) is 0 Å². The smallest absolute Gasteiger partial charge is 0.0664 e. The second kappa shape index (κ2) is 9.20. The number of rotatable bonds is 1. The Morgan fingerprint density at radius 1 is 1.07 bits per heavy atom. The Labute approximate surface area is 93.6 Å². The summed E-state index contributed by atoms with van der Waals surface area (Å²) >= 11 is 0. The van der Waals surface area contributed by atoms with Crippen LogP contribution < -0.4 is 0 Å². The summed E-state index contributed by atoms with van der Waals surface area (Å²) in [6.45, 7) is 8.00. The highest BCUT2D eigenvalue weighted by Crippen LogP contribution is 2.20. The van der Waals surface area contributed by atoms with Crippen LogP contribution in [0, 0.1) is 0 Å². The maximum Gasteiger partial charge on any atom is 0.0664 e. The van der Waals surface area contributed by atoms with E-state index in [4.69, 9.17) is 0 Å². The van der Waals surface area contributed by atoms with Crippen LogP contribution in [0.5, 0.6) is 0 Å². The SMILES string of the molecule is C1=CCC(c2ccccn2)=C1.CC.CC. The van der Waals surface area contributed by atoms with Crippen LogP contribution in [0.25, 0.3) is 5.57 Å². The molecule has 1 aliphatic carbocycles. The van der Waals surface area contributed by atoms with Crippen molar-refractivity contribution < 1.29 is 0 Å². The predicted octanol–water partition coefficient (Wildman–Crippen LogP) is 4.48. The van der Waals surface area contributed by atoms with Crippen molar-refractivity contribution in [2.75, 3.05) is 0 Å².